The number of esters is 4. The largest absolute Gasteiger partial charge is 0.497 e. The number of carbonyl (C=O) groups is 4. The molecule has 4 unspecified atom stereocenters. The molecule has 3 aliphatic rings. The van der Waals surface area contributed by atoms with Gasteiger partial charge in [-0.25, -0.2) is 4.79 Å². The number of benzene rings is 2. The van der Waals surface area contributed by atoms with Gasteiger partial charge in [0, 0.05) is 12.0 Å². The first-order valence-corrected chi connectivity index (χ1v) is 12.1. The Bertz CT molecular complexity index is 1230. The number of carbonyl (C=O) groups excluding carboxylic acids is 4. The summed E-state index contributed by atoms with van der Waals surface area (Å²) in [6.45, 7) is -0.465. The predicted octanol–water partition coefficient (Wildman–Crippen LogP) is 2.81. The summed E-state index contributed by atoms with van der Waals surface area (Å²) in [6, 6.07) is 16.0. The van der Waals surface area contributed by atoms with Gasteiger partial charge in [0.15, 0.2) is 0 Å². The molecule has 2 aromatic carbocycles. The van der Waals surface area contributed by atoms with Crippen LogP contribution < -0.4 is 4.74 Å². The number of ether oxygens (including phenoxy) is 5. The summed E-state index contributed by atoms with van der Waals surface area (Å²) in [4.78, 5) is 49.9. The zero-order valence-electron chi connectivity index (χ0n) is 20.2. The Morgan fingerprint density at radius 1 is 0.973 bits per heavy atom. The van der Waals surface area contributed by atoms with Crippen molar-refractivity contribution in [1.82, 2.24) is 0 Å². The topological polar surface area (TPSA) is 114 Å². The number of cyclic esters (lactones) is 2. The van der Waals surface area contributed by atoms with Gasteiger partial charge in [0.1, 0.15) is 36.4 Å². The third-order valence-electron chi connectivity index (χ3n) is 7.02. The maximum Gasteiger partial charge on any atom is 0.338 e. The normalized spacial score (nSPS) is 25.3. The molecular formula is C28H26O9. The maximum absolute atomic E-state index is 12.6. The molecular weight excluding hydrogens is 480 g/mol. The molecule has 0 radical (unpaired) electrons. The average molecular weight is 507 g/mol. The van der Waals surface area contributed by atoms with Crippen LogP contribution in [0.15, 0.2) is 66.2 Å². The van der Waals surface area contributed by atoms with Crippen LogP contribution in [0.1, 0.15) is 28.8 Å². The van der Waals surface area contributed by atoms with Crippen LogP contribution in [0.3, 0.4) is 0 Å². The van der Waals surface area contributed by atoms with Crippen LogP contribution in [0.5, 0.6) is 5.75 Å². The van der Waals surface area contributed by atoms with Gasteiger partial charge in [0.2, 0.25) is 0 Å². The second kappa shape index (κ2) is 10.2. The Balaban J connectivity index is 1.22. The van der Waals surface area contributed by atoms with E-state index in [1.54, 1.807) is 43.5 Å². The lowest BCUT2D eigenvalue weighted by Crippen LogP contribution is -2.47. The molecule has 2 fully saturated rings. The van der Waals surface area contributed by atoms with Crippen molar-refractivity contribution in [2.24, 2.45) is 11.8 Å². The molecule has 192 valence electrons. The average Bonchev–Trinajstić information content (AvgIpc) is 3.55. The summed E-state index contributed by atoms with van der Waals surface area (Å²) in [7, 11) is 1.60. The highest BCUT2D eigenvalue weighted by molar-refractivity contribution is 5.99. The van der Waals surface area contributed by atoms with Crippen molar-refractivity contribution in [3.8, 4) is 5.75 Å². The lowest BCUT2D eigenvalue weighted by Gasteiger charge is -2.31. The van der Waals surface area contributed by atoms with E-state index < -0.39 is 47.4 Å². The van der Waals surface area contributed by atoms with E-state index in [2.05, 4.69) is 0 Å². The predicted molar refractivity (Wildman–Crippen MR) is 127 cm³/mol. The van der Waals surface area contributed by atoms with Gasteiger partial charge in [-0.1, -0.05) is 30.3 Å². The quantitative estimate of drug-likeness (QED) is 0.208. The standard InChI is InChI=1S/C28H26O9/c1-33-20-12-10-17(11-13-20)6-5-9-22(29)34-15-19-14-21-23-24(27(32)36-26(23)31)28(19,37-21)16-35-25(30)18-7-3-2-4-8-18/h2-4,7-8,10-14,21,23-24H,5-6,9,15-16H2,1H3. The van der Waals surface area contributed by atoms with Crippen molar-refractivity contribution in [2.45, 2.75) is 31.0 Å². The minimum absolute atomic E-state index is 0.147. The van der Waals surface area contributed by atoms with Crippen LogP contribution in [0.2, 0.25) is 0 Å². The summed E-state index contributed by atoms with van der Waals surface area (Å²) in [5.41, 5.74) is 0.468. The molecule has 2 saturated heterocycles. The van der Waals surface area contributed by atoms with Gasteiger partial charge in [-0.2, -0.15) is 0 Å². The van der Waals surface area contributed by atoms with Gasteiger partial charge in [-0.3, -0.25) is 14.4 Å². The number of methoxy groups -OCH3 is 1. The second-order valence-electron chi connectivity index (χ2n) is 9.21. The Morgan fingerprint density at radius 3 is 2.46 bits per heavy atom. The highest BCUT2D eigenvalue weighted by Crippen LogP contribution is 2.54. The van der Waals surface area contributed by atoms with E-state index in [1.165, 1.54) is 0 Å². The van der Waals surface area contributed by atoms with Crippen molar-refractivity contribution >= 4 is 23.9 Å². The van der Waals surface area contributed by atoms with E-state index in [-0.39, 0.29) is 19.6 Å². The Labute approximate surface area is 213 Å². The van der Waals surface area contributed by atoms with Crippen molar-refractivity contribution < 1.29 is 42.9 Å². The highest BCUT2D eigenvalue weighted by Gasteiger charge is 2.70. The molecule has 0 N–H and O–H groups in total. The Kier molecular flexibility index (Phi) is 6.80. The second-order valence-corrected chi connectivity index (χ2v) is 9.21. The Morgan fingerprint density at radius 2 is 1.73 bits per heavy atom. The van der Waals surface area contributed by atoms with Crippen molar-refractivity contribution in [3.63, 3.8) is 0 Å². The maximum atomic E-state index is 12.6. The third-order valence-corrected chi connectivity index (χ3v) is 7.02. The molecule has 0 aromatic heterocycles. The van der Waals surface area contributed by atoms with Gasteiger partial charge in [-0.05, 0) is 48.7 Å². The van der Waals surface area contributed by atoms with Crippen molar-refractivity contribution in [1.29, 1.82) is 0 Å². The van der Waals surface area contributed by atoms with E-state index in [1.807, 2.05) is 24.3 Å². The van der Waals surface area contributed by atoms with E-state index in [0.717, 1.165) is 11.3 Å². The van der Waals surface area contributed by atoms with Gasteiger partial charge < -0.3 is 23.7 Å². The lowest BCUT2D eigenvalue weighted by molar-refractivity contribution is -0.160. The van der Waals surface area contributed by atoms with Crippen LogP contribution in [0, 0.1) is 11.8 Å². The van der Waals surface area contributed by atoms with E-state index in [4.69, 9.17) is 23.7 Å². The summed E-state index contributed by atoms with van der Waals surface area (Å²) >= 11 is 0. The van der Waals surface area contributed by atoms with Gasteiger partial charge in [0.05, 0.1) is 18.8 Å². The van der Waals surface area contributed by atoms with Gasteiger partial charge >= 0.3 is 23.9 Å². The fourth-order valence-electron chi connectivity index (χ4n) is 5.14. The molecule has 4 atom stereocenters. The van der Waals surface area contributed by atoms with E-state index in [0.29, 0.717) is 24.0 Å². The fraction of sp³-hybridized carbons (Fsp3) is 0.357. The van der Waals surface area contributed by atoms with Crippen molar-refractivity contribution in [3.05, 3.63) is 77.4 Å². The molecule has 37 heavy (non-hydrogen) atoms. The third kappa shape index (κ3) is 4.74. The van der Waals surface area contributed by atoms with Gasteiger partial charge in [0.25, 0.3) is 0 Å². The van der Waals surface area contributed by atoms with Crippen LogP contribution in [0.4, 0.5) is 0 Å². The molecule has 5 rings (SSSR count). The number of hydrogen-bond donors (Lipinski definition) is 0. The summed E-state index contributed by atoms with van der Waals surface area (Å²) in [6.07, 6.45) is 2.44. The number of hydrogen-bond acceptors (Lipinski definition) is 9. The number of rotatable bonds is 10. The molecule has 2 bridgehead atoms. The number of aryl methyl sites for hydroxylation is 1. The fourth-order valence-corrected chi connectivity index (χ4v) is 5.14. The van der Waals surface area contributed by atoms with E-state index >= 15 is 0 Å². The Hall–Kier alpha value is -3.98. The molecule has 2 aromatic rings. The summed E-state index contributed by atoms with van der Waals surface area (Å²) < 4.78 is 27.1. The smallest absolute Gasteiger partial charge is 0.338 e. The molecule has 3 aliphatic heterocycles. The highest BCUT2D eigenvalue weighted by atomic mass is 16.6. The van der Waals surface area contributed by atoms with Crippen LogP contribution in [0.25, 0.3) is 0 Å². The molecule has 0 amide bonds. The molecule has 9 nitrogen and oxygen atoms in total. The monoisotopic (exact) mass is 506 g/mol. The molecule has 0 aliphatic carbocycles. The minimum atomic E-state index is -1.42. The lowest BCUT2D eigenvalue weighted by atomic mass is 9.73. The first-order chi connectivity index (χ1) is 17.9. The summed E-state index contributed by atoms with van der Waals surface area (Å²) in [5.74, 6) is -3.42. The van der Waals surface area contributed by atoms with Gasteiger partial charge in [-0.15, -0.1) is 0 Å². The molecule has 0 spiro atoms. The zero-order valence-corrected chi connectivity index (χ0v) is 20.2. The molecule has 9 heteroatoms. The van der Waals surface area contributed by atoms with E-state index in [9.17, 15) is 19.2 Å². The zero-order chi connectivity index (χ0) is 26.0. The first kappa shape index (κ1) is 24.7. The SMILES string of the molecule is COc1ccc(CCCC(=O)OCC2=CC3OC2(COC(=O)c2ccccc2)C2C(=O)OC(=O)C32)cc1. The van der Waals surface area contributed by atoms with Crippen LogP contribution in [-0.2, 0) is 39.8 Å². The summed E-state index contributed by atoms with van der Waals surface area (Å²) in [5, 5.41) is 0. The number of fused-ring (bicyclic) bond motifs is 5. The van der Waals surface area contributed by atoms with Crippen LogP contribution >= 0.6 is 0 Å². The minimum Gasteiger partial charge on any atom is -0.497 e. The first-order valence-electron chi connectivity index (χ1n) is 12.1. The van der Waals surface area contributed by atoms with Crippen LogP contribution in [-0.4, -0.2) is 55.9 Å². The van der Waals surface area contributed by atoms with Crippen molar-refractivity contribution in [2.75, 3.05) is 20.3 Å². The molecule has 3 heterocycles. The molecule has 0 saturated carbocycles.